The number of aliphatic imine (C=N–C) groups is 1. The van der Waals surface area contributed by atoms with Gasteiger partial charge >= 0.3 is 0 Å². The van der Waals surface area contributed by atoms with Crippen LogP contribution < -0.4 is 22.7 Å². The molecule has 0 spiro atoms. The molecule has 1 unspecified atom stereocenters. The average Bonchev–Trinajstić information content (AvgIpc) is 3.92. The van der Waals surface area contributed by atoms with Gasteiger partial charge in [-0.25, -0.2) is 0 Å². The number of benzene rings is 6. The number of carbonyl (C=O) groups is 2. The minimum absolute atomic E-state index is 0. The lowest BCUT2D eigenvalue weighted by Crippen LogP contribution is -3.00. The minimum atomic E-state index is -0.693. The first-order valence-electron chi connectivity index (χ1n) is 26.2. The summed E-state index contributed by atoms with van der Waals surface area (Å²) in [5.41, 5.74) is 16.7. The topological polar surface area (TPSA) is 81.8 Å². The van der Waals surface area contributed by atoms with Crippen LogP contribution in [0.4, 0.5) is 0 Å². The number of halogens is 2. The van der Waals surface area contributed by atoms with Gasteiger partial charge in [0, 0.05) is 36.1 Å². The lowest BCUT2D eigenvalue weighted by molar-refractivity contribution is -0.953. The van der Waals surface area contributed by atoms with Crippen molar-refractivity contribution in [3.63, 3.8) is 0 Å². The molecule has 384 valence electrons. The van der Waals surface area contributed by atoms with Crippen LogP contribution in [-0.2, 0) is 40.3 Å². The fourth-order valence-electron chi connectivity index (χ4n) is 9.52. The second-order valence-electron chi connectivity index (χ2n) is 19.2. The monoisotopic (exact) mass is 1090 g/mol. The molecule has 0 aromatic heterocycles. The van der Waals surface area contributed by atoms with E-state index in [1.807, 2.05) is 87.6 Å². The van der Waals surface area contributed by atoms with Crippen LogP contribution in [-0.4, -0.2) is 65.5 Å². The van der Waals surface area contributed by atoms with Gasteiger partial charge in [0.05, 0.1) is 18.6 Å². The van der Waals surface area contributed by atoms with E-state index in [1.54, 1.807) is 25.0 Å². The summed E-state index contributed by atoms with van der Waals surface area (Å²) >= 11 is 3.15. The zero-order valence-electron chi connectivity index (χ0n) is 44.7. The van der Waals surface area contributed by atoms with Crippen LogP contribution in [0.3, 0.4) is 0 Å². The Morgan fingerprint density at radius 3 is 1.52 bits per heavy atom. The van der Waals surface area contributed by atoms with Crippen LogP contribution in [0.1, 0.15) is 133 Å². The van der Waals surface area contributed by atoms with Crippen molar-refractivity contribution in [1.82, 2.24) is 0 Å². The highest BCUT2D eigenvalue weighted by molar-refractivity contribution is 9.09. The molecule has 8 rings (SSSR count). The molecule has 0 saturated carbocycles. The molecule has 1 fully saturated rings. The molecule has 1 saturated heterocycles. The summed E-state index contributed by atoms with van der Waals surface area (Å²) in [6.07, 6.45) is 12.4. The van der Waals surface area contributed by atoms with Crippen LogP contribution in [0, 0.1) is 13.8 Å². The SMILES string of the molecule is C1CCOC1.CCBr.CCC=NC(Cc1ccccc1)C(C)=O.CCCC[N+]1(CCCC)Cc2c(C)cc3ccccc3c2-c2c(c(C)cc3ccccc23)C1.CC[C@](N)(Cc1ccccc1)C(C)=O.[Br-]. The van der Waals surface area contributed by atoms with Gasteiger partial charge in [0.1, 0.15) is 24.9 Å². The van der Waals surface area contributed by atoms with Crippen LogP contribution in [0.15, 0.2) is 126 Å². The molecule has 6 nitrogen and oxygen atoms in total. The number of unbranched alkanes of at least 4 members (excludes halogenated alkanes) is 2. The molecule has 8 heteroatoms. The van der Waals surface area contributed by atoms with Gasteiger partial charge in [0.2, 0.25) is 0 Å². The van der Waals surface area contributed by atoms with Gasteiger partial charge in [0.15, 0.2) is 5.78 Å². The fourth-order valence-corrected chi connectivity index (χ4v) is 9.52. The van der Waals surface area contributed by atoms with Gasteiger partial charge in [-0.05, 0) is 134 Å². The lowest BCUT2D eigenvalue weighted by atomic mass is 9.85. The number of nitrogens with zero attached hydrogens (tertiary/aromatic N) is 2. The predicted octanol–water partition coefficient (Wildman–Crippen LogP) is 12.5. The quantitative estimate of drug-likeness (QED) is 0.0631. The van der Waals surface area contributed by atoms with Crippen LogP contribution in [0.5, 0.6) is 0 Å². The molecular formula is C63H85Br2N3O3. The second-order valence-corrected chi connectivity index (χ2v) is 20.3. The van der Waals surface area contributed by atoms with Gasteiger partial charge in [0.25, 0.3) is 0 Å². The number of aryl methyl sites for hydroxylation is 2. The second kappa shape index (κ2) is 32.0. The summed E-state index contributed by atoms with van der Waals surface area (Å²) in [6, 6.07) is 42.6. The molecule has 0 aliphatic carbocycles. The Balaban J connectivity index is 0.000000291. The third kappa shape index (κ3) is 18.3. The highest BCUT2D eigenvalue weighted by Gasteiger charge is 2.36. The third-order valence-corrected chi connectivity index (χ3v) is 13.7. The molecule has 2 atom stereocenters. The standard InChI is InChI=1S/C32H38N.C13H17NO.C12H17NO.C4H8O.C2H5Br.BrH/c1-5-7-17-33(18-8-6-2)21-29-23(3)19-25-13-9-11-15-27(25)31(29)32-28-16-12-10-14-26(28)20-24(4)30(32)22-33;1-3-9-14-13(11(2)15)10-12-7-5-4-6-8-12;1-3-12(13,10(2)14)9-11-7-5-4-6-8-11;1-2-4-5-3-1;1-2-3;/h9-16,19-20H,5-8,17-18,21-22H2,1-4H3;4-9,13H,3,10H2,1-2H3;4-8H,3,9,13H2,1-2H3;1-4H2;2H2,1H3;1H/q+1;;;;;/p-1/t;;12-;;;/m..0.../s1. The van der Waals surface area contributed by atoms with E-state index in [4.69, 9.17) is 10.5 Å². The molecule has 6 aromatic carbocycles. The summed E-state index contributed by atoms with van der Waals surface area (Å²) in [7, 11) is 0. The van der Waals surface area contributed by atoms with Gasteiger partial charge in [-0.2, -0.15) is 0 Å². The molecule has 0 amide bonds. The summed E-state index contributed by atoms with van der Waals surface area (Å²) in [5.74, 6) is 0.187. The Morgan fingerprint density at radius 2 is 1.14 bits per heavy atom. The van der Waals surface area contributed by atoms with E-state index in [2.05, 4.69) is 109 Å². The number of Topliss-reactive ketones (excluding diaryl/α,β-unsaturated/α-hetero) is 2. The maximum absolute atomic E-state index is 11.4. The molecule has 6 aromatic rings. The number of alkyl halides is 1. The first kappa shape index (κ1) is 61.0. The van der Waals surface area contributed by atoms with Crippen LogP contribution >= 0.6 is 15.9 Å². The van der Waals surface area contributed by atoms with Crippen molar-refractivity contribution in [1.29, 1.82) is 0 Å². The van der Waals surface area contributed by atoms with E-state index in [1.165, 1.54) is 99.9 Å². The molecule has 2 aliphatic heterocycles. The first-order valence-corrected chi connectivity index (χ1v) is 27.3. The zero-order chi connectivity index (χ0) is 50.9. The van der Waals surface area contributed by atoms with Crippen molar-refractivity contribution in [2.45, 2.75) is 151 Å². The van der Waals surface area contributed by atoms with Crippen molar-refractivity contribution < 1.29 is 35.8 Å². The van der Waals surface area contributed by atoms with E-state index >= 15 is 0 Å². The fraction of sp³-hybridized carbons (Fsp3) is 0.444. The van der Waals surface area contributed by atoms with Crippen LogP contribution in [0.25, 0.3) is 32.7 Å². The third-order valence-electron chi connectivity index (χ3n) is 13.7. The number of hydrogen-bond donors (Lipinski definition) is 1. The van der Waals surface area contributed by atoms with Gasteiger partial charge < -0.3 is 31.9 Å². The lowest BCUT2D eigenvalue weighted by Gasteiger charge is -2.39. The van der Waals surface area contributed by atoms with E-state index in [-0.39, 0.29) is 34.6 Å². The van der Waals surface area contributed by atoms with Crippen molar-refractivity contribution >= 4 is 55.3 Å². The largest absolute Gasteiger partial charge is 1.00 e. The molecule has 71 heavy (non-hydrogen) atoms. The Labute approximate surface area is 447 Å². The summed E-state index contributed by atoms with van der Waals surface area (Å²) in [6.45, 7) is 25.4. The predicted molar refractivity (Wildman–Crippen MR) is 305 cm³/mol. The van der Waals surface area contributed by atoms with Crippen molar-refractivity contribution in [2.24, 2.45) is 10.7 Å². The van der Waals surface area contributed by atoms with E-state index in [9.17, 15) is 9.59 Å². The van der Waals surface area contributed by atoms with Gasteiger partial charge in [-0.1, -0.05) is 185 Å². The van der Waals surface area contributed by atoms with Crippen molar-refractivity contribution in [2.75, 3.05) is 31.6 Å². The Hall–Kier alpha value is -4.31. The maximum Gasteiger partial charge on any atom is 0.154 e. The Bertz CT molecular complexity index is 2430. The summed E-state index contributed by atoms with van der Waals surface area (Å²) < 4.78 is 6.14. The maximum atomic E-state index is 11.4. The van der Waals surface area contributed by atoms with E-state index in [0.717, 1.165) is 49.2 Å². The minimum Gasteiger partial charge on any atom is -1.00 e. The molecule has 2 aliphatic rings. The number of fused-ring (bicyclic) bond motifs is 7. The van der Waals surface area contributed by atoms with E-state index < -0.39 is 5.54 Å². The average molecular weight is 1090 g/mol. The number of carbonyl (C=O) groups excluding carboxylic acids is 2. The molecule has 0 radical (unpaired) electrons. The normalized spacial score (nSPS) is 14.5. The molecule has 0 bridgehead atoms. The molecule has 2 N–H and O–H groups in total. The number of hydrogen-bond acceptors (Lipinski definition) is 5. The zero-order valence-corrected chi connectivity index (χ0v) is 47.8. The number of nitrogens with two attached hydrogens (primary N) is 1. The van der Waals surface area contributed by atoms with Crippen molar-refractivity contribution in [3.05, 3.63) is 155 Å². The summed E-state index contributed by atoms with van der Waals surface area (Å²) in [4.78, 5) is 27.0. The highest BCUT2D eigenvalue weighted by Crippen LogP contribution is 2.46. The molecular weight excluding hydrogens is 1010 g/mol. The van der Waals surface area contributed by atoms with Gasteiger partial charge in [-0.15, -0.1) is 0 Å². The molecule has 2 heterocycles. The smallest absolute Gasteiger partial charge is 0.154 e. The van der Waals surface area contributed by atoms with E-state index in [0.29, 0.717) is 19.3 Å². The Kier molecular flexibility index (Phi) is 27.5. The Morgan fingerprint density at radius 1 is 0.704 bits per heavy atom. The number of ether oxygens (including phenoxy) is 1. The van der Waals surface area contributed by atoms with Crippen molar-refractivity contribution in [3.8, 4) is 11.1 Å². The first-order chi connectivity index (χ1) is 33.8. The van der Waals surface area contributed by atoms with Gasteiger partial charge in [-0.3, -0.25) is 14.6 Å². The number of rotatable bonds is 15. The highest BCUT2D eigenvalue weighted by atomic mass is 79.9. The number of ketones is 2. The number of quaternary nitrogens is 1. The van der Waals surface area contributed by atoms with Crippen LogP contribution in [0.2, 0.25) is 0 Å². The summed E-state index contributed by atoms with van der Waals surface area (Å²) in [5, 5.41) is 6.63.